The van der Waals surface area contributed by atoms with Gasteiger partial charge in [0, 0.05) is 28.9 Å². The second-order valence-electron chi connectivity index (χ2n) is 9.24. The fourth-order valence-corrected chi connectivity index (χ4v) is 4.82. The lowest BCUT2D eigenvalue weighted by molar-refractivity contribution is 0.0697. The molecular formula is C30H23N5O8S. The zero-order valence-electron chi connectivity index (χ0n) is 22.8. The second-order valence-corrected chi connectivity index (χ2v) is 10.6. The molecule has 222 valence electrons. The molecule has 0 heterocycles. The smallest absolute Gasteiger partial charge is 0.335 e. The van der Waals surface area contributed by atoms with Gasteiger partial charge in [0.1, 0.15) is 33.5 Å². The first kappa shape index (κ1) is 29.6. The van der Waals surface area contributed by atoms with Gasteiger partial charge in [0.15, 0.2) is 5.75 Å². The Kier molecular flexibility index (Phi) is 8.19. The van der Waals surface area contributed by atoms with Crippen molar-refractivity contribution in [2.45, 2.75) is 4.90 Å². The number of hydrogen-bond acceptors (Lipinski definition) is 11. The van der Waals surface area contributed by atoms with E-state index in [1.54, 1.807) is 18.2 Å². The molecule has 0 amide bonds. The molecule has 0 saturated heterocycles. The fourth-order valence-electron chi connectivity index (χ4n) is 4.17. The van der Waals surface area contributed by atoms with Gasteiger partial charge in [-0.2, -0.15) is 13.5 Å². The van der Waals surface area contributed by atoms with Gasteiger partial charge in [0.2, 0.25) is 0 Å². The van der Waals surface area contributed by atoms with Crippen LogP contribution in [0, 0.1) is 0 Å². The van der Waals surface area contributed by atoms with Gasteiger partial charge >= 0.3 is 5.97 Å². The number of hydrogen-bond donors (Lipinski definition) is 5. The molecule has 0 aliphatic carbocycles. The van der Waals surface area contributed by atoms with Crippen LogP contribution in [-0.4, -0.2) is 41.4 Å². The molecule has 14 heteroatoms. The number of phenolic OH excluding ortho intramolecular Hbond substituents is 2. The summed E-state index contributed by atoms with van der Waals surface area (Å²) in [5.41, 5.74) is 1.18. The van der Waals surface area contributed by atoms with E-state index in [4.69, 9.17) is 9.84 Å². The summed E-state index contributed by atoms with van der Waals surface area (Å²) < 4.78 is 39.8. The van der Waals surface area contributed by atoms with Crippen molar-refractivity contribution in [2.24, 2.45) is 20.5 Å². The maximum Gasteiger partial charge on any atom is 0.335 e. The van der Waals surface area contributed by atoms with E-state index >= 15 is 0 Å². The number of fused-ring (bicyclic) bond motifs is 1. The number of ether oxygens (including phenoxy) is 1. The zero-order valence-corrected chi connectivity index (χ0v) is 23.6. The highest BCUT2D eigenvalue weighted by molar-refractivity contribution is 7.86. The third-order valence-corrected chi connectivity index (χ3v) is 7.18. The first-order chi connectivity index (χ1) is 21.0. The Hall–Kier alpha value is -5.86. The van der Waals surface area contributed by atoms with Gasteiger partial charge in [-0.15, -0.1) is 15.3 Å². The Labute approximate surface area is 250 Å². The highest BCUT2D eigenvalue weighted by atomic mass is 32.2. The number of anilines is 2. The van der Waals surface area contributed by atoms with E-state index in [0.29, 0.717) is 16.8 Å². The Bertz CT molecular complexity index is 2050. The summed E-state index contributed by atoms with van der Waals surface area (Å²) in [6.07, 6.45) is 0. The SMILES string of the molecule is COc1cc(N=Nc2c(S(=O)(=O)O)cc3cc(Nc4ccccc4)ccc3c2O)c(O)cc1N=Nc1ccc(C(=O)O)cc1. The number of benzene rings is 5. The van der Waals surface area contributed by atoms with Crippen LogP contribution in [0.25, 0.3) is 10.8 Å². The number of azo groups is 2. The minimum absolute atomic E-state index is 0.0771. The Morgan fingerprint density at radius 2 is 1.50 bits per heavy atom. The van der Waals surface area contributed by atoms with Crippen molar-refractivity contribution in [3.63, 3.8) is 0 Å². The number of rotatable bonds is 9. The molecular weight excluding hydrogens is 590 g/mol. The van der Waals surface area contributed by atoms with Crippen molar-refractivity contribution >= 4 is 61.0 Å². The number of carboxylic acid groups (broad SMARTS) is 1. The number of para-hydroxylation sites is 1. The maximum absolute atomic E-state index is 12.3. The molecule has 0 unspecified atom stereocenters. The molecule has 0 atom stereocenters. The van der Waals surface area contributed by atoms with E-state index in [9.17, 15) is 28.0 Å². The third kappa shape index (κ3) is 6.46. The standard InChI is InChI=1S/C30H23N5O8S/c1-43-26-16-23(25(36)15-24(26)34-32-20-9-7-17(8-10-20)30(38)39)33-35-28-27(44(40,41)42)14-18-13-21(11-12-22(18)29(28)37)31-19-5-3-2-4-6-19/h2-16,31,36-37H,1H3,(H,38,39)(H,40,41,42). The molecule has 0 radical (unpaired) electrons. The van der Waals surface area contributed by atoms with Gasteiger partial charge in [-0.05, 0) is 66.0 Å². The van der Waals surface area contributed by atoms with Gasteiger partial charge in [-0.1, -0.05) is 18.2 Å². The highest BCUT2D eigenvalue weighted by Crippen LogP contribution is 2.44. The van der Waals surface area contributed by atoms with Crippen LogP contribution in [0.3, 0.4) is 0 Å². The van der Waals surface area contributed by atoms with Crippen molar-refractivity contribution in [1.82, 2.24) is 0 Å². The van der Waals surface area contributed by atoms with Crippen molar-refractivity contribution < 1.29 is 37.8 Å². The van der Waals surface area contributed by atoms with Crippen molar-refractivity contribution in [3.05, 3.63) is 96.6 Å². The number of methoxy groups -OCH3 is 1. The van der Waals surface area contributed by atoms with E-state index in [-0.39, 0.29) is 28.1 Å². The molecule has 5 rings (SSSR count). The number of nitrogens with one attached hydrogen (secondary N) is 1. The van der Waals surface area contributed by atoms with Gasteiger partial charge in [-0.25, -0.2) is 4.79 Å². The van der Waals surface area contributed by atoms with Crippen LogP contribution in [0.15, 0.2) is 116 Å². The third-order valence-electron chi connectivity index (χ3n) is 6.31. The molecule has 0 saturated carbocycles. The second kappa shape index (κ2) is 12.2. The van der Waals surface area contributed by atoms with Crippen LogP contribution < -0.4 is 10.1 Å². The van der Waals surface area contributed by atoms with Crippen molar-refractivity contribution in [2.75, 3.05) is 12.4 Å². The average molecular weight is 614 g/mol. The van der Waals surface area contributed by atoms with E-state index in [0.717, 1.165) is 11.8 Å². The predicted octanol–water partition coefficient (Wildman–Crippen LogP) is 7.78. The fraction of sp³-hybridized carbons (Fsp3) is 0.0333. The molecule has 5 N–H and O–H groups in total. The molecule has 0 aliphatic heterocycles. The van der Waals surface area contributed by atoms with Crippen molar-refractivity contribution in [1.29, 1.82) is 0 Å². The Morgan fingerprint density at radius 3 is 2.16 bits per heavy atom. The van der Waals surface area contributed by atoms with Gasteiger partial charge in [0.25, 0.3) is 10.1 Å². The molecule has 44 heavy (non-hydrogen) atoms. The summed E-state index contributed by atoms with van der Waals surface area (Å²) in [5, 5.41) is 50.1. The van der Waals surface area contributed by atoms with Crippen molar-refractivity contribution in [3.8, 4) is 17.2 Å². The molecule has 5 aromatic rings. The zero-order chi connectivity index (χ0) is 31.4. The first-order valence-electron chi connectivity index (χ1n) is 12.7. The van der Waals surface area contributed by atoms with Crippen LogP contribution in [0.5, 0.6) is 17.2 Å². The largest absolute Gasteiger partial charge is 0.506 e. The van der Waals surface area contributed by atoms with Crippen LogP contribution in [0.4, 0.5) is 34.1 Å². The van der Waals surface area contributed by atoms with Gasteiger partial charge in [0.05, 0.1) is 18.4 Å². The quantitative estimate of drug-likeness (QED) is 0.0812. The molecule has 0 fully saturated rings. The highest BCUT2D eigenvalue weighted by Gasteiger charge is 2.22. The molecule has 0 bridgehead atoms. The minimum Gasteiger partial charge on any atom is -0.506 e. The number of aromatic carboxylic acids is 1. The number of carbonyl (C=O) groups is 1. The normalized spacial score (nSPS) is 11.8. The Morgan fingerprint density at radius 1 is 0.795 bits per heavy atom. The molecule has 0 aromatic heterocycles. The average Bonchev–Trinajstić information content (AvgIpc) is 3.00. The minimum atomic E-state index is -4.88. The summed E-state index contributed by atoms with van der Waals surface area (Å²) in [7, 11) is -3.54. The van der Waals surface area contributed by atoms with E-state index < -0.39 is 38.2 Å². The molecule has 0 spiro atoms. The van der Waals surface area contributed by atoms with Crippen LogP contribution >= 0.6 is 0 Å². The summed E-state index contributed by atoms with van der Waals surface area (Å²) in [6, 6.07) is 23.3. The predicted molar refractivity (Wildman–Crippen MR) is 162 cm³/mol. The molecule has 5 aromatic carbocycles. The number of carboxylic acids is 1. The van der Waals surface area contributed by atoms with E-state index in [2.05, 4.69) is 25.8 Å². The lowest BCUT2D eigenvalue weighted by Crippen LogP contribution is -1.99. The summed E-state index contributed by atoms with van der Waals surface area (Å²) >= 11 is 0. The summed E-state index contributed by atoms with van der Waals surface area (Å²) in [4.78, 5) is 10.3. The topological polar surface area (TPSA) is 203 Å². The number of phenols is 2. The molecule has 13 nitrogen and oxygen atoms in total. The number of nitrogens with zero attached hydrogens (tertiary/aromatic N) is 4. The van der Waals surface area contributed by atoms with Gasteiger partial charge < -0.3 is 25.4 Å². The van der Waals surface area contributed by atoms with E-state index in [1.165, 1.54) is 43.5 Å². The van der Waals surface area contributed by atoms with Crippen LogP contribution in [0.2, 0.25) is 0 Å². The lowest BCUT2D eigenvalue weighted by Gasteiger charge is -2.12. The lowest BCUT2D eigenvalue weighted by atomic mass is 10.1. The summed E-state index contributed by atoms with van der Waals surface area (Å²) in [5.74, 6) is -1.97. The first-order valence-corrected chi connectivity index (χ1v) is 14.1. The molecule has 0 aliphatic rings. The van der Waals surface area contributed by atoms with Crippen LogP contribution in [0.1, 0.15) is 10.4 Å². The Balaban J connectivity index is 1.49. The monoisotopic (exact) mass is 613 g/mol. The summed E-state index contributed by atoms with van der Waals surface area (Å²) in [6.45, 7) is 0. The van der Waals surface area contributed by atoms with Gasteiger partial charge in [-0.3, -0.25) is 4.55 Å². The maximum atomic E-state index is 12.3. The van der Waals surface area contributed by atoms with E-state index in [1.807, 2.05) is 30.3 Å². The number of aromatic hydroxyl groups is 2. The van der Waals surface area contributed by atoms with Crippen LogP contribution in [-0.2, 0) is 10.1 Å².